The molecule has 0 fully saturated rings. The average molecular weight is 326 g/mol. The maximum absolute atomic E-state index is 5.00. The van der Waals surface area contributed by atoms with Crippen molar-refractivity contribution in [2.75, 3.05) is 6.54 Å². The molecule has 124 valence electrons. The molecule has 0 bridgehead atoms. The number of hydrogen-bond donors (Lipinski definition) is 1. The zero-order valence-electron chi connectivity index (χ0n) is 14.4. The number of aliphatic imine (C=N–C) groups is 1. The highest BCUT2D eigenvalue weighted by Crippen LogP contribution is 2.28. The van der Waals surface area contributed by atoms with Gasteiger partial charge >= 0.3 is 0 Å². The Morgan fingerprint density at radius 1 is 0.840 bits per heavy atom. The molecular weight excluding hydrogens is 304 g/mol. The lowest BCUT2D eigenvalue weighted by Gasteiger charge is -2.16. The fraction of sp³-hybridized carbons (Fsp3) is 0.174. The Balaban J connectivity index is 1.64. The highest BCUT2D eigenvalue weighted by Gasteiger charge is 2.16. The zero-order chi connectivity index (χ0) is 17.1. The monoisotopic (exact) mass is 326 g/mol. The van der Waals surface area contributed by atoms with Gasteiger partial charge in [0.2, 0.25) is 0 Å². The van der Waals surface area contributed by atoms with E-state index in [1.807, 2.05) is 0 Å². The van der Waals surface area contributed by atoms with Crippen LogP contribution in [0.4, 0.5) is 5.69 Å². The fourth-order valence-electron chi connectivity index (χ4n) is 3.38. The Morgan fingerprint density at radius 3 is 2.36 bits per heavy atom. The number of benzene rings is 3. The molecule has 1 aliphatic rings. The second-order valence-electron chi connectivity index (χ2n) is 6.53. The second-order valence-corrected chi connectivity index (χ2v) is 6.53. The van der Waals surface area contributed by atoms with Crippen molar-refractivity contribution in [2.24, 2.45) is 4.99 Å². The minimum absolute atomic E-state index is 0.287. The Hall–Kier alpha value is -2.71. The van der Waals surface area contributed by atoms with Gasteiger partial charge in [0, 0.05) is 24.6 Å². The summed E-state index contributed by atoms with van der Waals surface area (Å²) in [4.78, 5) is 5.00. The largest absolute Gasteiger partial charge is 0.305 e. The number of fused-ring (bicyclic) bond motifs is 2. The van der Waals surface area contributed by atoms with E-state index in [2.05, 4.69) is 91.1 Å². The predicted molar refractivity (Wildman–Crippen MR) is 105 cm³/mol. The van der Waals surface area contributed by atoms with Crippen LogP contribution in [0.3, 0.4) is 0 Å². The molecule has 1 N–H and O–H groups in total. The van der Waals surface area contributed by atoms with Crippen LogP contribution >= 0.6 is 0 Å². The molecule has 0 aliphatic carbocycles. The van der Waals surface area contributed by atoms with Crippen LogP contribution in [0.15, 0.2) is 83.9 Å². The van der Waals surface area contributed by atoms with E-state index in [1.54, 1.807) is 0 Å². The van der Waals surface area contributed by atoms with Gasteiger partial charge < -0.3 is 5.32 Å². The number of para-hydroxylation sites is 1. The van der Waals surface area contributed by atoms with Crippen LogP contribution in [0, 0.1) is 0 Å². The van der Waals surface area contributed by atoms with Gasteiger partial charge in [-0.15, -0.1) is 0 Å². The Kier molecular flexibility index (Phi) is 4.45. The lowest BCUT2D eigenvalue weighted by atomic mass is 9.98. The number of nitrogens with one attached hydrogen (secondary N) is 1. The summed E-state index contributed by atoms with van der Waals surface area (Å²) >= 11 is 0. The maximum atomic E-state index is 5.00. The van der Waals surface area contributed by atoms with Crippen LogP contribution in [0.25, 0.3) is 0 Å². The Bertz CT molecular complexity index is 897. The van der Waals surface area contributed by atoms with Crippen LogP contribution in [0.5, 0.6) is 0 Å². The Labute approximate surface area is 149 Å². The molecule has 0 amide bonds. The maximum Gasteiger partial charge on any atom is 0.0669 e. The summed E-state index contributed by atoms with van der Waals surface area (Å²) in [7, 11) is 0. The van der Waals surface area contributed by atoms with Crippen molar-refractivity contribution in [3.8, 4) is 0 Å². The molecule has 0 unspecified atom stereocenters. The lowest BCUT2D eigenvalue weighted by Crippen LogP contribution is -2.27. The molecule has 1 aliphatic heterocycles. The predicted octanol–water partition coefficient (Wildman–Crippen LogP) is 5.06. The summed E-state index contributed by atoms with van der Waals surface area (Å²) in [6, 6.07) is 27.9. The van der Waals surface area contributed by atoms with Crippen molar-refractivity contribution >= 4 is 11.4 Å². The molecule has 25 heavy (non-hydrogen) atoms. The SMILES string of the molecule is C[C@H](NCC1=Nc2ccccc2Cc2ccccc21)c1ccccc1. The van der Waals surface area contributed by atoms with Crippen molar-refractivity contribution in [3.05, 3.63) is 101 Å². The van der Waals surface area contributed by atoms with E-state index in [0.717, 1.165) is 24.4 Å². The highest BCUT2D eigenvalue weighted by atomic mass is 14.9. The summed E-state index contributed by atoms with van der Waals surface area (Å²) < 4.78 is 0. The molecule has 4 rings (SSSR count). The van der Waals surface area contributed by atoms with Crippen LogP contribution in [-0.2, 0) is 6.42 Å². The summed E-state index contributed by atoms with van der Waals surface area (Å²) in [5.74, 6) is 0. The van der Waals surface area contributed by atoms with E-state index in [-0.39, 0.29) is 6.04 Å². The molecular formula is C23H22N2. The van der Waals surface area contributed by atoms with E-state index in [4.69, 9.17) is 4.99 Å². The Morgan fingerprint density at radius 2 is 1.52 bits per heavy atom. The topological polar surface area (TPSA) is 24.4 Å². The summed E-state index contributed by atoms with van der Waals surface area (Å²) in [5, 5.41) is 3.64. The fourth-order valence-corrected chi connectivity index (χ4v) is 3.38. The molecule has 1 heterocycles. The van der Waals surface area contributed by atoms with Crippen molar-refractivity contribution in [1.82, 2.24) is 5.32 Å². The quantitative estimate of drug-likeness (QED) is 0.712. The normalized spacial score (nSPS) is 14.0. The van der Waals surface area contributed by atoms with Crippen LogP contribution in [0.1, 0.15) is 35.2 Å². The molecule has 0 saturated heterocycles. The third kappa shape index (κ3) is 3.40. The van der Waals surface area contributed by atoms with E-state index in [9.17, 15) is 0 Å². The molecule has 0 saturated carbocycles. The van der Waals surface area contributed by atoms with Gasteiger partial charge in [0.15, 0.2) is 0 Å². The van der Waals surface area contributed by atoms with Gasteiger partial charge in [-0.1, -0.05) is 72.8 Å². The van der Waals surface area contributed by atoms with E-state index in [0.29, 0.717) is 0 Å². The molecule has 0 aromatic heterocycles. The highest BCUT2D eigenvalue weighted by molar-refractivity contribution is 6.05. The van der Waals surface area contributed by atoms with Gasteiger partial charge in [-0.2, -0.15) is 0 Å². The molecule has 3 aromatic rings. The molecule has 0 spiro atoms. The summed E-state index contributed by atoms with van der Waals surface area (Å²) in [6.07, 6.45) is 0.938. The van der Waals surface area contributed by atoms with Crippen LogP contribution < -0.4 is 5.32 Å². The number of hydrogen-bond acceptors (Lipinski definition) is 2. The van der Waals surface area contributed by atoms with Gasteiger partial charge in [0.05, 0.1) is 11.4 Å². The van der Waals surface area contributed by atoms with E-state index in [1.165, 1.54) is 22.3 Å². The molecule has 1 atom stereocenters. The minimum atomic E-state index is 0.287. The number of rotatable bonds is 4. The first-order valence-electron chi connectivity index (χ1n) is 8.83. The van der Waals surface area contributed by atoms with Crippen molar-refractivity contribution < 1.29 is 0 Å². The lowest BCUT2D eigenvalue weighted by molar-refractivity contribution is 0.627. The van der Waals surface area contributed by atoms with Gasteiger partial charge in [0.1, 0.15) is 0 Å². The number of nitrogens with zero attached hydrogens (tertiary/aromatic N) is 1. The summed E-state index contributed by atoms with van der Waals surface area (Å²) in [6.45, 7) is 2.95. The second kappa shape index (κ2) is 7.04. The standard InChI is InChI=1S/C23H22N2/c1-17(18-9-3-2-4-10-18)24-16-23-21-13-7-5-11-19(21)15-20-12-6-8-14-22(20)25-23/h2-14,17,24H,15-16H2,1H3/t17-/m0/s1. The first-order valence-corrected chi connectivity index (χ1v) is 8.83. The molecule has 2 nitrogen and oxygen atoms in total. The molecule has 0 radical (unpaired) electrons. The van der Waals surface area contributed by atoms with Crippen molar-refractivity contribution in [2.45, 2.75) is 19.4 Å². The molecule has 3 aromatic carbocycles. The van der Waals surface area contributed by atoms with Gasteiger partial charge in [0.25, 0.3) is 0 Å². The van der Waals surface area contributed by atoms with Gasteiger partial charge in [-0.05, 0) is 29.7 Å². The zero-order valence-corrected chi connectivity index (χ0v) is 14.4. The smallest absolute Gasteiger partial charge is 0.0669 e. The van der Waals surface area contributed by atoms with Crippen molar-refractivity contribution in [3.63, 3.8) is 0 Å². The molecule has 2 heteroatoms. The van der Waals surface area contributed by atoms with E-state index < -0.39 is 0 Å². The van der Waals surface area contributed by atoms with Crippen LogP contribution in [0.2, 0.25) is 0 Å². The third-order valence-electron chi connectivity index (χ3n) is 4.83. The minimum Gasteiger partial charge on any atom is -0.305 e. The first kappa shape index (κ1) is 15.8. The first-order chi connectivity index (χ1) is 12.3. The van der Waals surface area contributed by atoms with E-state index >= 15 is 0 Å². The average Bonchev–Trinajstić information content (AvgIpc) is 2.83. The van der Waals surface area contributed by atoms with Gasteiger partial charge in [-0.25, -0.2) is 0 Å². The third-order valence-corrected chi connectivity index (χ3v) is 4.83. The van der Waals surface area contributed by atoms with Crippen LogP contribution in [-0.4, -0.2) is 12.3 Å². The van der Waals surface area contributed by atoms with Gasteiger partial charge in [-0.3, -0.25) is 4.99 Å². The van der Waals surface area contributed by atoms with Crippen molar-refractivity contribution in [1.29, 1.82) is 0 Å². The summed E-state index contributed by atoms with van der Waals surface area (Å²) in [5.41, 5.74) is 7.39.